The molecular formula is C21H26O4. The highest BCUT2D eigenvalue weighted by Crippen LogP contribution is 2.61. The van der Waals surface area contributed by atoms with Gasteiger partial charge in [-0.15, -0.1) is 0 Å². The number of allylic oxidation sites excluding steroid dienone is 2. The number of carbonyl (C=O) groups excluding carboxylic acids is 2. The predicted octanol–water partition coefficient (Wildman–Crippen LogP) is 4.48. The van der Waals surface area contributed by atoms with Crippen LogP contribution in [0.1, 0.15) is 68.5 Å². The molecule has 1 fully saturated rings. The summed E-state index contributed by atoms with van der Waals surface area (Å²) in [5.74, 6) is 0.729. The Balaban J connectivity index is 1.80. The number of esters is 1. The molecule has 0 bridgehead atoms. The van der Waals surface area contributed by atoms with Crippen molar-refractivity contribution in [2.24, 2.45) is 16.7 Å². The lowest BCUT2D eigenvalue weighted by atomic mass is 9.49. The van der Waals surface area contributed by atoms with E-state index in [1.165, 1.54) is 12.7 Å². The molecule has 1 heterocycles. The topological polar surface area (TPSA) is 56.5 Å². The van der Waals surface area contributed by atoms with E-state index in [9.17, 15) is 9.59 Å². The number of ether oxygens (including phenoxy) is 1. The number of rotatable bonds is 1. The van der Waals surface area contributed by atoms with Crippen LogP contribution >= 0.6 is 0 Å². The maximum atomic E-state index is 13.1. The fraction of sp³-hybridized carbons (Fsp3) is 0.619. The van der Waals surface area contributed by atoms with E-state index >= 15 is 0 Å². The summed E-state index contributed by atoms with van der Waals surface area (Å²) in [5, 5.41) is 0. The van der Waals surface area contributed by atoms with Crippen molar-refractivity contribution in [2.45, 2.75) is 58.8 Å². The summed E-state index contributed by atoms with van der Waals surface area (Å²) in [4.78, 5) is 25.7. The minimum absolute atomic E-state index is 0.0671. The molecule has 0 N–H and O–H groups in total. The molecule has 3 aliphatic carbocycles. The summed E-state index contributed by atoms with van der Waals surface area (Å²) >= 11 is 0. The fourth-order valence-electron chi connectivity index (χ4n) is 5.95. The second kappa shape index (κ2) is 5.58. The van der Waals surface area contributed by atoms with Gasteiger partial charge in [0.25, 0.3) is 0 Å². The maximum absolute atomic E-state index is 13.1. The zero-order chi connectivity index (χ0) is 17.8. The number of ketones is 1. The first-order valence-electron chi connectivity index (χ1n) is 9.34. The largest absolute Gasteiger partial charge is 0.469 e. The third-order valence-corrected chi connectivity index (χ3v) is 7.19. The highest BCUT2D eigenvalue weighted by atomic mass is 16.5. The van der Waals surface area contributed by atoms with Crippen LogP contribution in [0.4, 0.5) is 0 Å². The normalized spacial score (nSPS) is 34.7. The van der Waals surface area contributed by atoms with Gasteiger partial charge < -0.3 is 9.15 Å². The molecule has 134 valence electrons. The Kier molecular flexibility index (Phi) is 3.71. The zero-order valence-electron chi connectivity index (χ0n) is 15.3. The van der Waals surface area contributed by atoms with Crippen LogP contribution in [0.25, 0.3) is 0 Å². The van der Waals surface area contributed by atoms with Gasteiger partial charge in [0.2, 0.25) is 5.78 Å². The number of Topliss-reactive ketones (excluding diaryl/α,β-unsaturated/α-hetero) is 1. The first-order chi connectivity index (χ1) is 11.9. The quantitative estimate of drug-likeness (QED) is 0.706. The molecule has 1 aromatic heterocycles. The summed E-state index contributed by atoms with van der Waals surface area (Å²) in [5.41, 5.74) is 2.68. The lowest BCUT2D eigenvalue weighted by molar-refractivity contribution is -0.163. The monoisotopic (exact) mass is 342 g/mol. The van der Waals surface area contributed by atoms with Crippen LogP contribution in [-0.2, 0) is 16.0 Å². The number of hydrogen-bond donors (Lipinski definition) is 0. The standard InChI is InChI=1S/C21H26O4/c1-20-10-4-11-21(2,19(23)24-3)16(20)8-6-14-15(20)7-5-13-9-12-25-18(13)17(14)22/h9,12,16H,4-8,10-11H2,1-3H3/t16-,20-,21+/m1/s1. The second-order valence-corrected chi connectivity index (χ2v) is 8.33. The summed E-state index contributed by atoms with van der Waals surface area (Å²) < 4.78 is 10.7. The van der Waals surface area contributed by atoms with Crippen molar-refractivity contribution in [3.63, 3.8) is 0 Å². The number of hydrogen-bond acceptors (Lipinski definition) is 4. The number of methoxy groups -OCH3 is 1. The van der Waals surface area contributed by atoms with E-state index in [-0.39, 0.29) is 23.1 Å². The van der Waals surface area contributed by atoms with Gasteiger partial charge in [-0.05, 0) is 62.8 Å². The van der Waals surface area contributed by atoms with Gasteiger partial charge in [0.1, 0.15) is 0 Å². The predicted molar refractivity (Wildman–Crippen MR) is 93.2 cm³/mol. The zero-order valence-corrected chi connectivity index (χ0v) is 15.3. The number of fused-ring (bicyclic) bond motifs is 3. The van der Waals surface area contributed by atoms with Crippen molar-refractivity contribution in [2.75, 3.05) is 7.11 Å². The molecule has 0 spiro atoms. The first kappa shape index (κ1) is 16.6. The Morgan fingerprint density at radius 2 is 2.04 bits per heavy atom. The lowest BCUT2D eigenvalue weighted by Gasteiger charge is -2.54. The van der Waals surface area contributed by atoms with Crippen LogP contribution in [0.2, 0.25) is 0 Å². The molecule has 0 amide bonds. The Bertz CT molecular complexity index is 771. The van der Waals surface area contributed by atoms with Crippen LogP contribution in [0.3, 0.4) is 0 Å². The van der Waals surface area contributed by atoms with Crippen LogP contribution < -0.4 is 0 Å². The molecule has 0 unspecified atom stereocenters. The first-order valence-corrected chi connectivity index (χ1v) is 9.34. The number of aryl methyl sites for hydroxylation is 1. The van der Waals surface area contributed by atoms with Gasteiger partial charge in [-0.3, -0.25) is 9.59 Å². The van der Waals surface area contributed by atoms with E-state index in [1.807, 2.05) is 6.07 Å². The molecule has 4 heteroatoms. The van der Waals surface area contributed by atoms with Gasteiger partial charge in [0.05, 0.1) is 18.8 Å². The molecule has 1 aromatic rings. The Labute approximate surface area is 148 Å². The fourth-order valence-corrected chi connectivity index (χ4v) is 5.95. The minimum Gasteiger partial charge on any atom is -0.469 e. The highest BCUT2D eigenvalue weighted by Gasteiger charge is 2.57. The second-order valence-electron chi connectivity index (χ2n) is 8.33. The van der Waals surface area contributed by atoms with Crippen LogP contribution in [0.15, 0.2) is 27.9 Å². The summed E-state index contributed by atoms with van der Waals surface area (Å²) in [6.07, 6.45) is 7.85. The SMILES string of the molecule is COC(=O)[C@@]1(C)CCC[C@]2(C)C3=C(CC[C@@H]12)C(=O)c1occc1CC3. The molecule has 3 aliphatic rings. The lowest BCUT2D eigenvalue weighted by Crippen LogP contribution is -2.51. The Hall–Kier alpha value is -1.84. The third kappa shape index (κ3) is 2.19. The summed E-state index contributed by atoms with van der Waals surface area (Å²) in [7, 11) is 1.49. The number of carbonyl (C=O) groups is 2. The number of furan rings is 1. The Morgan fingerprint density at radius 1 is 1.24 bits per heavy atom. The molecule has 0 aliphatic heterocycles. The van der Waals surface area contributed by atoms with Crippen molar-refractivity contribution in [1.82, 2.24) is 0 Å². The van der Waals surface area contributed by atoms with E-state index in [2.05, 4.69) is 13.8 Å². The minimum atomic E-state index is -0.456. The summed E-state index contributed by atoms with van der Waals surface area (Å²) in [6, 6.07) is 1.92. The third-order valence-electron chi connectivity index (χ3n) is 7.19. The molecule has 4 nitrogen and oxygen atoms in total. The maximum Gasteiger partial charge on any atom is 0.311 e. The summed E-state index contributed by atoms with van der Waals surface area (Å²) in [6.45, 7) is 4.34. The highest BCUT2D eigenvalue weighted by molar-refractivity contribution is 6.09. The van der Waals surface area contributed by atoms with Crippen molar-refractivity contribution >= 4 is 11.8 Å². The van der Waals surface area contributed by atoms with E-state index in [0.717, 1.165) is 56.1 Å². The molecule has 4 rings (SSSR count). The molecular weight excluding hydrogens is 316 g/mol. The molecule has 1 saturated carbocycles. The molecule has 0 aromatic carbocycles. The van der Waals surface area contributed by atoms with Crippen LogP contribution in [0.5, 0.6) is 0 Å². The van der Waals surface area contributed by atoms with Crippen molar-refractivity contribution in [1.29, 1.82) is 0 Å². The van der Waals surface area contributed by atoms with Crippen molar-refractivity contribution in [3.05, 3.63) is 34.8 Å². The smallest absolute Gasteiger partial charge is 0.311 e. The van der Waals surface area contributed by atoms with Crippen LogP contribution in [0, 0.1) is 16.7 Å². The Morgan fingerprint density at radius 3 is 2.80 bits per heavy atom. The van der Waals surface area contributed by atoms with Gasteiger partial charge in [-0.2, -0.15) is 0 Å². The van der Waals surface area contributed by atoms with Gasteiger partial charge >= 0.3 is 5.97 Å². The van der Waals surface area contributed by atoms with E-state index in [0.29, 0.717) is 5.76 Å². The van der Waals surface area contributed by atoms with Crippen molar-refractivity contribution < 1.29 is 18.7 Å². The average Bonchev–Trinajstić information content (AvgIpc) is 3.01. The molecule has 0 saturated heterocycles. The molecule has 25 heavy (non-hydrogen) atoms. The van der Waals surface area contributed by atoms with Crippen LogP contribution in [-0.4, -0.2) is 18.9 Å². The molecule has 0 radical (unpaired) electrons. The van der Waals surface area contributed by atoms with Crippen molar-refractivity contribution in [3.8, 4) is 0 Å². The van der Waals surface area contributed by atoms with E-state index < -0.39 is 5.41 Å². The van der Waals surface area contributed by atoms with Gasteiger partial charge in [-0.25, -0.2) is 0 Å². The average molecular weight is 342 g/mol. The van der Waals surface area contributed by atoms with Gasteiger partial charge in [0.15, 0.2) is 5.76 Å². The molecule has 3 atom stereocenters. The van der Waals surface area contributed by atoms with Gasteiger partial charge in [-0.1, -0.05) is 18.9 Å². The van der Waals surface area contributed by atoms with Gasteiger partial charge in [0, 0.05) is 11.1 Å². The van der Waals surface area contributed by atoms with E-state index in [4.69, 9.17) is 9.15 Å². The van der Waals surface area contributed by atoms with E-state index in [1.54, 1.807) is 6.26 Å².